The van der Waals surface area contributed by atoms with Gasteiger partial charge in [-0.1, -0.05) is 35.4 Å². The lowest BCUT2D eigenvalue weighted by Crippen LogP contribution is -2.28. The Hall–Kier alpha value is -3.51. The van der Waals surface area contributed by atoms with Crippen LogP contribution in [0.5, 0.6) is 11.5 Å². The Morgan fingerprint density at radius 2 is 1.53 bits per heavy atom. The van der Waals surface area contributed by atoms with Crippen LogP contribution in [0.1, 0.15) is 16.7 Å². The number of aryl methyl sites for hydroxylation is 2. The highest BCUT2D eigenvalue weighted by Crippen LogP contribution is 2.38. The maximum atomic E-state index is 13.5. The first-order chi connectivity index (χ1) is 15.5. The molecule has 5 nitrogen and oxygen atoms in total. The second-order valence-corrected chi connectivity index (χ2v) is 8.43. The number of amidine groups is 1. The number of carbonyl (C=O) groups is 1. The van der Waals surface area contributed by atoms with Gasteiger partial charge >= 0.3 is 0 Å². The van der Waals surface area contributed by atoms with Gasteiger partial charge < -0.3 is 9.47 Å². The van der Waals surface area contributed by atoms with E-state index in [-0.39, 0.29) is 5.91 Å². The van der Waals surface area contributed by atoms with Crippen molar-refractivity contribution < 1.29 is 14.3 Å². The quantitative estimate of drug-likeness (QED) is 0.444. The van der Waals surface area contributed by atoms with Gasteiger partial charge in [-0.25, -0.2) is 4.99 Å². The number of ether oxygens (including phenoxy) is 2. The van der Waals surface area contributed by atoms with Crippen LogP contribution in [0.15, 0.2) is 76.6 Å². The number of methoxy groups -OCH3 is 2. The number of thioether (sulfide) groups is 1. The van der Waals surface area contributed by atoms with Gasteiger partial charge in [-0.3, -0.25) is 9.69 Å². The summed E-state index contributed by atoms with van der Waals surface area (Å²) in [6, 6.07) is 21.3. The molecule has 0 atom stereocenters. The van der Waals surface area contributed by atoms with E-state index in [0.29, 0.717) is 21.6 Å². The number of nitrogens with zero attached hydrogens (tertiary/aromatic N) is 2. The summed E-state index contributed by atoms with van der Waals surface area (Å²) in [5.74, 6) is 1.20. The van der Waals surface area contributed by atoms with Gasteiger partial charge in [-0.15, -0.1) is 0 Å². The number of carbonyl (C=O) groups excluding carboxylic acids is 1. The summed E-state index contributed by atoms with van der Waals surface area (Å²) in [6.07, 6.45) is 1.84. The SMILES string of the molecule is COc1ccc(/C=C2/SC(=Nc3ccc(C)cc3)N(c3ccc(C)cc3)C2=O)c(OC)c1. The molecule has 0 aliphatic carbocycles. The van der Waals surface area contributed by atoms with E-state index in [4.69, 9.17) is 14.5 Å². The molecule has 1 aliphatic heterocycles. The standard InChI is InChI=1S/C26H24N2O3S/c1-17-5-10-20(11-6-17)27-26-28(21-12-7-18(2)8-13-21)25(29)24(32-26)15-19-9-14-22(30-3)16-23(19)31-4/h5-16H,1-4H3/b24-15+,27-26?. The molecule has 0 unspecified atom stereocenters. The highest BCUT2D eigenvalue weighted by molar-refractivity contribution is 8.19. The average Bonchev–Trinajstić information content (AvgIpc) is 3.10. The van der Waals surface area contributed by atoms with Crippen molar-refractivity contribution in [2.45, 2.75) is 13.8 Å². The topological polar surface area (TPSA) is 51.1 Å². The van der Waals surface area contributed by atoms with Crippen molar-refractivity contribution in [1.29, 1.82) is 0 Å². The number of aliphatic imine (C=N–C) groups is 1. The van der Waals surface area contributed by atoms with Gasteiger partial charge in [0.1, 0.15) is 11.5 Å². The summed E-state index contributed by atoms with van der Waals surface area (Å²) < 4.78 is 10.8. The van der Waals surface area contributed by atoms with Crippen LogP contribution in [0.3, 0.4) is 0 Å². The Morgan fingerprint density at radius 3 is 2.16 bits per heavy atom. The minimum absolute atomic E-state index is 0.123. The molecule has 3 aromatic carbocycles. The Kier molecular flexibility index (Phi) is 6.32. The zero-order chi connectivity index (χ0) is 22.7. The molecule has 0 aromatic heterocycles. The highest BCUT2D eigenvalue weighted by atomic mass is 32.2. The molecule has 0 spiro atoms. The van der Waals surface area contributed by atoms with Crippen molar-refractivity contribution in [2.75, 3.05) is 19.1 Å². The molecule has 3 aromatic rings. The molecular weight excluding hydrogens is 420 g/mol. The Balaban J connectivity index is 1.77. The van der Waals surface area contributed by atoms with Crippen LogP contribution in [0.2, 0.25) is 0 Å². The lowest BCUT2D eigenvalue weighted by atomic mass is 10.1. The summed E-state index contributed by atoms with van der Waals surface area (Å²) >= 11 is 1.35. The third-order valence-electron chi connectivity index (χ3n) is 5.08. The first kappa shape index (κ1) is 21.7. The minimum Gasteiger partial charge on any atom is -0.497 e. The highest BCUT2D eigenvalue weighted by Gasteiger charge is 2.35. The number of amides is 1. The van der Waals surface area contributed by atoms with Crippen LogP contribution in [0, 0.1) is 13.8 Å². The Bertz CT molecular complexity index is 1200. The monoisotopic (exact) mass is 444 g/mol. The lowest BCUT2D eigenvalue weighted by Gasteiger charge is -2.16. The molecule has 0 N–H and O–H groups in total. The molecule has 0 bridgehead atoms. The molecule has 0 radical (unpaired) electrons. The van der Waals surface area contributed by atoms with E-state index in [1.54, 1.807) is 25.2 Å². The smallest absolute Gasteiger partial charge is 0.271 e. The first-order valence-electron chi connectivity index (χ1n) is 10.2. The second kappa shape index (κ2) is 9.32. The summed E-state index contributed by atoms with van der Waals surface area (Å²) in [5, 5.41) is 0.612. The maximum absolute atomic E-state index is 13.5. The molecule has 1 fully saturated rings. The van der Waals surface area contributed by atoms with Crippen molar-refractivity contribution in [3.8, 4) is 11.5 Å². The van der Waals surface area contributed by atoms with E-state index in [0.717, 1.165) is 28.1 Å². The van der Waals surface area contributed by atoms with Gasteiger partial charge in [0.25, 0.3) is 5.91 Å². The van der Waals surface area contributed by atoms with Crippen molar-refractivity contribution >= 4 is 40.3 Å². The van der Waals surface area contributed by atoms with Crippen molar-refractivity contribution in [2.24, 2.45) is 4.99 Å². The fraction of sp³-hybridized carbons (Fsp3) is 0.154. The summed E-state index contributed by atoms with van der Waals surface area (Å²) in [4.78, 5) is 20.5. The lowest BCUT2D eigenvalue weighted by molar-refractivity contribution is -0.113. The normalized spacial score (nSPS) is 16.1. The third kappa shape index (κ3) is 4.55. The van der Waals surface area contributed by atoms with E-state index in [1.165, 1.54) is 11.8 Å². The van der Waals surface area contributed by atoms with E-state index < -0.39 is 0 Å². The second-order valence-electron chi connectivity index (χ2n) is 7.42. The average molecular weight is 445 g/mol. The fourth-order valence-corrected chi connectivity index (χ4v) is 4.27. The third-order valence-corrected chi connectivity index (χ3v) is 6.05. The van der Waals surface area contributed by atoms with Gasteiger partial charge in [0.05, 0.1) is 30.5 Å². The largest absolute Gasteiger partial charge is 0.497 e. The summed E-state index contributed by atoms with van der Waals surface area (Å²) in [7, 11) is 3.21. The molecule has 162 valence electrons. The number of hydrogen-bond donors (Lipinski definition) is 0. The van der Waals surface area contributed by atoms with Gasteiger partial charge in [0.2, 0.25) is 0 Å². The van der Waals surface area contributed by atoms with Gasteiger partial charge in [0.15, 0.2) is 5.17 Å². The van der Waals surface area contributed by atoms with E-state index >= 15 is 0 Å². The molecule has 32 heavy (non-hydrogen) atoms. The molecule has 4 rings (SSSR count). The molecule has 0 saturated carbocycles. The van der Waals surface area contributed by atoms with Crippen LogP contribution in [0.4, 0.5) is 11.4 Å². The maximum Gasteiger partial charge on any atom is 0.271 e. The zero-order valence-electron chi connectivity index (χ0n) is 18.5. The molecule has 1 aliphatic rings. The number of benzene rings is 3. The Morgan fingerprint density at radius 1 is 0.875 bits per heavy atom. The number of rotatable bonds is 5. The van der Waals surface area contributed by atoms with Gasteiger partial charge in [-0.2, -0.15) is 0 Å². The summed E-state index contributed by atoms with van der Waals surface area (Å²) in [6.45, 7) is 4.05. The van der Waals surface area contributed by atoms with Gasteiger partial charge in [0, 0.05) is 11.6 Å². The van der Waals surface area contributed by atoms with Crippen LogP contribution in [-0.4, -0.2) is 25.3 Å². The van der Waals surface area contributed by atoms with Crippen LogP contribution in [0.25, 0.3) is 6.08 Å². The van der Waals surface area contributed by atoms with Crippen LogP contribution >= 0.6 is 11.8 Å². The number of hydrogen-bond acceptors (Lipinski definition) is 5. The van der Waals surface area contributed by atoms with Crippen molar-refractivity contribution in [3.05, 3.63) is 88.3 Å². The van der Waals surface area contributed by atoms with Crippen molar-refractivity contribution in [3.63, 3.8) is 0 Å². The zero-order valence-corrected chi connectivity index (χ0v) is 19.3. The van der Waals surface area contributed by atoms with E-state index in [2.05, 4.69) is 0 Å². The molecule has 6 heteroatoms. The van der Waals surface area contributed by atoms with Gasteiger partial charge in [-0.05, 0) is 68.1 Å². The number of anilines is 1. The molecular formula is C26H24N2O3S. The minimum atomic E-state index is -0.123. The fourth-order valence-electron chi connectivity index (χ4n) is 3.28. The Labute approximate surface area is 192 Å². The first-order valence-corrected chi connectivity index (χ1v) is 11.0. The predicted molar refractivity (Wildman–Crippen MR) is 132 cm³/mol. The van der Waals surface area contributed by atoms with Crippen LogP contribution in [-0.2, 0) is 4.79 Å². The molecule has 1 amide bonds. The molecule has 1 saturated heterocycles. The van der Waals surface area contributed by atoms with E-state index in [9.17, 15) is 4.79 Å². The van der Waals surface area contributed by atoms with Crippen LogP contribution < -0.4 is 14.4 Å². The predicted octanol–water partition coefficient (Wildman–Crippen LogP) is 6.13. The van der Waals surface area contributed by atoms with E-state index in [1.807, 2.05) is 80.6 Å². The summed E-state index contributed by atoms with van der Waals surface area (Å²) in [5.41, 5.74) is 4.66. The molecule has 1 heterocycles. The van der Waals surface area contributed by atoms with Crippen molar-refractivity contribution in [1.82, 2.24) is 0 Å².